The zero-order chi connectivity index (χ0) is 22.1. The van der Waals surface area contributed by atoms with Gasteiger partial charge in [0, 0.05) is 37.3 Å². The first kappa shape index (κ1) is 21.2. The summed E-state index contributed by atoms with van der Waals surface area (Å²) in [7, 11) is 2.15. The molecule has 1 atom stereocenters. The standard InChI is InChI=1S/C24H31N5O3/c1-3-31-23-18(5-4-9-26-23)19-6-7-20(32-17-11-24(12-17)14-29(2)15-24)21(28-19)22(30)27-16-8-10-25-13-16/h4-7,9,16-17,25H,3,8,10-15H2,1-2H3,(H,27,30). The Bertz CT molecular complexity index is 977. The molecule has 0 bridgehead atoms. The van der Waals surface area contributed by atoms with Gasteiger partial charge in [-0.2, -0.15) is 0 Å². The number of aromatic nitrogens is 2. The normalized spacial score (nSPS) is 22.2. The second-order valence-electron chi connectivity index (χ2n) is 9.32. The van der Waals surface area contributed by atoms with E-state index in [9.17, 15) is 4.79 Å². The van der Waals surface area contributed by atoms with Crippen LogP contribution in [0.1, 0.15) is 36.7 Å². The molecule has 1 aliphatic carbocycles. The molecule has 8 nitrogen and oxygen atoms in total. The Hall–Kier alpha value is -2.71. The van der Waals surface area contributed by atoms with E-state index >= 15 is 0 Å². The van der Waals surface area contributed by atoms with Crippen LogP contribution in [0.25, 0.3) is 11.3 Å². The molecule has 2 aromatic rings. The zero-order valence-electron chi connectivity index (χ0n) is 18.8. The Balaban J connectivity index is 1.40. The quantitative estimate of drug-likeness (QED) is 0.686. The highest BCUT2D eigenvalue weighted by molar-refractivity contribution is 5.96. The first-order chi connectivity index (χ1) is 15.5. The number of carbonyl (C=O) groups is 1. The van der Waals surface area contributed by atoms with Gasteiger partial charge in [-0.05, 0) is 64.0 Å². The van der Waals surface area contributed by atoms with Crippen molar-refractivity contribution in [1.82, 2.24) is 25.5 Å². The minimum atomic E-state index is -0.199. The van der Waals surface area contributed by atoms with Crippen molar-refractivity contribution in [2.45, 2.75) is 38.3 Å². The molecule has 0 radical (unpaired) electrons. The second kappa shape index (κ2) is 8.67. The van der Waals surface area contributed by atoms with E-state index in [-0.39, 0.29) is 18.1 Å². The molecule has 3 aliphatic rings. The van der Waals surface area contributed by atoms with Crippen LogP contribution in [0.15, 0.2) is 30.5 Å². The van der Waals surface area contributed by atoms with E-state index in [1.807, 2.05) is 31.2 Å². The Morgan fingerprint density at radius 3 is 2.88 bits per heavy atom. The maximum atomic E-state index is 13.2. The summed E-state index contributed by atoms with van der Waals surface area (Å²) in [6.07, 6.45) is 4.80. The minimum Gasteiger partial charge on any atom is -0.488 e. The lowest BCUT2D eigenvalue weighted by Gasteiger charge is -2.57. The van der Waals surface area contributed by atoms with Crippen molar-refractivity contribution in [2.24, 2.45) is 5.41 Å². The highest BCUT2D eigenvalue weighted by atomic mass is 16.5. The molecule has 170 valence electrons. The molecule has 1 saturated carbocycles. The summed E-state index contributed by atoms with van der Waals surface area (Å²) in [5.74, 6) is 0.860. The van der Waals surface area contributed by atoms with Crippen LogP contribution < -0.4 is 20.1 Å². The lowest BCUT2D eigenvalue weighted by Crippen LogP contribution is -2.63. The van der Waals surface area contributed by atoms with Gasteiger partial charge in [0.25, 0.3) is 5.91 Å². The molecule has 2 N–H and O–H groups in total. The molecule has 1 unspecified atom stereocenters. The molecular weight excluding hydrogens is 406 g/mol. The molecule has 4 heterocycles. The number of nitrogens with zero attached hydrogens (tertiary/aromatic N) is 3. The maximum Gasteiger partial charge on any atom is 0.274 e. The summed E-state index contributed by atoms with van der Waals surface area (Å²) in [5, 5.41) is 6.39. The van der Waals surface area contributed by atoms with Crippen LogP contribution in [0.4, 0.5) is 0 Å². The van der Waals surface area contributed by atoms with Gasteiger partial charge in [-0.25, -0.2) is 9.97 Å². The fraction of sp³-hybridized carbons (Fsp3) is 0.542. The van der Waals surface area contributed by atoms with Crippen LogP contribution in [0, 0.1) is 5.41 Å². The Kier molecular flexibility index (Phi) is 5.73. The third-order valence-electron chi connectivity index (χ3n) is 6.62. The van der Waals surface area contributed by atoms with Crippen molar-refractivity contribution in [3.63, 3.8) is 0 Å². The van der Waals surface area contributed by atoms with Gasteiger partial charge < -0.3 is 25.0 Å². The van der Waals surface area contributed by atoms with Gasteiger partial charge in [0.05, 0.1) is 17.9 Å². The molecule has 2 aromatic heterocycles. The van der Waals surface area contributed by atoms with E-state index < -0.39 is 0 Å². The summed E-state index contributed by atoms with van der Waals surface area (Å²) in [5.41, 5.74) is 2.14. The smallest absolute Gasteiger partial charge is 0.274 e. The molecule has 2 saturated heterocycles. The Labute approximate surface area is 188 Å². The van der Waals surface area contributed by atoms with Crippen LogP contribution in [0.2, 0.25) is 0 Å². The molecule has 32 heavy (non-hydrogen) atoms. The highest BCUT2D eigenvalue weighted by Crippen LogP contribution is 2.49. The van der Waals surface area contributed by atoms with Gasteiger partial charge >= 0.3 is 0 Å². The van der Waals surface area contributed by atoms with Crippen molar-refractivity contribution >= 4 is 5.91 Å². The molecule has 0 aromatic carbocycles. The number of likely N-dealkylation sites (tertiary alicyclic amines) is 1. The largest absolute Gasteiger partial charge is 0.488 e. The molecule has 8 heteroatoms. The third-order valence-corrected chi connectivity index (χ3v) is 6.62. The number of rotatable bonds is 7. The fourth-order valence-electron chi connectivity index (χ4n) is 5.25. The number of hydrogen-bond donors (Lipinski definition) is 2. The number of pyridine rings is 2. The predicted molar refractivity (Wildman–Crippen MR) is 121 cm³/mol. The van der Waals surface area contributed by atoms with Crippen molar-refractivity contribution < 1.29 is 14.3 Å². The molecule has 5 rings (SSSR count). The van der Waals surface area contributed by atoms with E-state index in [4.69, 9.17) is 14.5 Å². The van der Waals surface area contributed by atoms with Crippen molar-refractivity contribution in [3.8, 4) is 22.9 Å². The Morgan fingerprint density at radius 2 is 2.16 bits per heavy atom. The first-order valence-corrected chi connectivity index (χ1v) is 11.5. The summed E-state index contributed by atoms with van der Waals surface area (Å²) in [6, 6.07) is 7.61. The van der Waals surface area contributed by atoms with Crippen LogP contribution in [-0.4, -0.2) is 72.8 Å². The average molecular weight is 438 g/mol. The van der Waals surface area contributed by atoms with E-state index in [1.54, 1.807) is 6.20 Å². The van der Waals surface area contributed by atoms with Gasteiger partial charge in [0.15, 0.2) is 11.4 Å². The van der Waals surface area contributed by atoms with Crippen molar-refractivity contribution in [1.29, 1.82) is 0 Å². The third kappa shape index (κ3) is 4.17. The van der Waals surface area contributed by atoms with Gasteiger partial charge in [-0.3, -0.25) is 4.79 Å². The van der Waals surface area contributed by atoms with Gasteiger partial charge in [0.1, 0.15) is 6.10 Å². The van der Waals surface area contributed by atoms with E-state index in [0.29, 0.717) is 35.0 Å². The van der Waals surface area contributed by atoms with E-state index in [0.717, 1.165) is 51.0 Å². The lowest BCUT2D eigenvalue weighted by atomic mass is 9.62. The van der Waals surface area contributed by atoms with Crippen LogP contribution in [0.3, 0.4) is 0 Å². The van der Waals surface area contributed by atoms with Crippen molar-refractivity contribution in [3.05, 3.63) is 36.2 Å². The topological polar surface area (TPSA) is 88.6 Å². The fourth-order valence-corrected chi connectivity index (χ4v) is 5.25. The highest BCUT2D eigenvalue weighted by Gasteiger charge is 2.52. The number of hydrogen-bond acceptors (Lipinski definition) is 7. The predicted octanol–water partition coefficient (Wildman–Crippen LogP) is 2.11. The molecule has 1 spiro atoms. The van der Waals surface area contributed by atoms with E-state index in [2.05, 4.69) is 27.6 Å². The number of ether oxygens (including phenoxy) is 2. The second-order valence-corrected chi connectivity index (χ2v) is 9.32. The molecule has 2 aliphatic heterocycles. The Morgan fingerprint density at radius 1 is 1.31 bits per heavy atom. The summed E-state index contributed by atoms with van der Waals surface area (Å²) in [4.78, 5) is 24.6. The molecular formula is C24H31N5O3. The monoisotopic (exact) mass is 437 g/mol. The number of nitrogens with one attached hydrogen (secondary N) is 2. The maximum absolute atomic E-state index is 13.2. The van der Waals surface area contributed by atoms with Crippen LogP contribution in [0.5, 0.6) is 11.6 Å². The van der Waals surface area contributed by atoms with Crippen LogP contribution >= 0.6 is 0 Å². The summed E-state index contributed by atoms with van der Waals surface area (Å²) in [6.45, 7) is 6.38. The van der Waals surface area contributed by atoms with E-state index in [1.165, 1.54) is 0 Å². The number of amides is 1. The van der Waals surface area contributed by atoms with Crippen molar-refractivity contribution in [2.75, 3.05) is 39.8 Å². The van der Waals surface area contributed by atoms with Gasteiger partial charge in [0.2, 0.25) is 5.88 Å². The van der Waals surface area contributed by atoms with Crippen LogP contribution in [-0.2, 0) is 0 Å². The molecule has 3 fully saturated rings. The number of carbonyl (C=O) groups excluding carboxylic acids is 1. The molecule has 1 amide bonds. The lowest BCUT2D eigenvalue weighted by molar-refractivity contribution is -0.109. The van der Waals surface area contributed by atoms with Gasteiger partial charge in [-0.1, -0.05) is 0 Å². The average Bonchev–Trinajstić information content (AvgIpc) is 3.25. The zero-order valence-corrected chi connectivity index (χ0v) is 18.8. The summed E-state index contributed by atoms with van der Waals surface area (Å²) < 4.78 is 12.0. The first-order valence-electron chi connectivity index (χ1n) is 11.5. The minimum absolute atomic E-state index is 0.107. The van der Waals surface area contributed by atoms with Gasteiger partial charge in [-0.15, -0.1) is 0 Å². The SMILES string of the molecule is CCOc1ncccc1-c1ccc(OC2CC3(C2)CN(C)C3)c(C(=O)NC2CCNC2)n1. The summed E-state index contributed by atoms with van der Waals surface area (Å²) >= 11 is 0.